The van der Waals surface area contributed by atoms with E-state index in [-0.39, 0.29) is 23.3 Å². The van der Waals surface area contributed by atoms with Crippen LogP contribution in [-0.2, 0) is 4.79 Å². The zero-order valence-corrected chi connectivity index (χ0v) is 19.1. The third-order valence-electron chi connectivity index (χ3n) is 6.05. The summed E-state index contributed by atoms with van der Waals surface area (Å²) in [4.78, 5) is 25.9. The van der Waals surface area contributed by atoms with Gasteiger partial charge in [-0.2, -0.15) is 0 Å². The van der Waals surface area contributed by atoms with Crippen molar-refractivity contribution >= 4 is 34.3 Å². The molecule has 4 aromatic rings. The lowest BCUT2D eigenvalue weighted by atomic mass is 10.1. The van der Waals surface area contributed by atoms with Gasteiger partial charge in [-0.3, -0.25) is 14.0 Å². The Morgan fingerprint density at radius 3 is 2.75 bits per heavy atom. The Kier molecular flexibility index (Phi) is 5.25. The highest BCUT2D eigenvalue weighted by Gasteiger charge is 2.29. The number of fused-ring (bicyclic) bond motifs is 3. The van der Waals surface area contributed by atoms with Crippen molar-refractivity contribution in [2.45, 2.75) is 44.8 Å². The normalized spacial score (nSPS) is 14.7. The van der Waals surface area contributed by atoms with E-state index in [2.05, 4.69) is 22.4 Å². The Bertz CT molecular complexity index is 1400. The van der Waals surface area contributed by atoms with E-state index in [9.17, 15) is 9.59 Å². The third-order valence-corrected chi connectivity index (χ3v) is 6.98. The molecule has 0 bridgehead atoms. The standard InChI is InChI=1S/C24H25N5O2S/c1-14-8-9-15(2)20(12-14)28-22(31)18-6-4-5-7-19(18)29-23(28)26-27-24(29)32-13-21(30)25-16(3)17-10-11-17/h4-9,12,16-17H,10-11,13H2,1-3H3,(H,25,30). The molecule has 0 spiro atoms. The fraction of sp³-hybridized carbons (Fsp3) is 0.333. The summed E-state index contributed by atoms with van der Waals surface area (Å²) in [7, 11) is 0. The van der Waals surface area contributed by atoms with Gasteiger partial charge in [0.25, 0.3) is 5.56 Å². The van der Waals surface area contributed by atoms with E-state index >= 15 is 0 Å². The lowest BCUT2D eigenvalue weighted by Gasteiger charge is -2.14. The second-order valence-electron chi connectivity index (χ2n) is 8.55. The maximum Gasteiger partial charge on any atom is 0.267 e. The predicted octanol–water partition coefficient (Wildman–Crippen LogP) is 3.66. The Morgan fingerprint density at radius 1 is 1.19 bits per heavy atom. The number of aryl methyl sites for hydroxylation is 2. The monoisotopic (exact) mass is 447 g/mol. The van der Waals surface area contributed by atoms with Crippen molar-refractivity contribution in [3.8, 4) is 5.69 Å². The highest BCUT2D eigenvalue weighted by Crippen LogP contribution is 2.32. The Balaban J connectivity index is 1.60. The Hall–Kier alpha value is -3.13. The maximum atomic E-state index is 13.5. The zero-order chi connectivity index (χ0) is 22.4. The second-order valence-corrected chi connectivity index (χ2v) is 9.49. The summed E-state index contributed by atoms with van der Waals surface area (Å²) in [5, 5.41) is 13.0. The molecule has 1 saturated carbocycles. The smallest absolute Gasteiger partial charge is 0.267 e. The van der Waals surface area contributed by atoms with Gasteiger partial charge in [-0.25, -0.2) is 4.57 Å². The van der Waals surface area contributed by atoms with Crippen LogP contribution in [0.2, 0.25) is 0 Å². The van der Waals surface area contributed by atoms with Crippen molar-refractivity contribution in [1.82, 2.24) is 24.5 Å². The molecule has 1 amide bonds. The molecule has 1 aliphatic carbocycles. The SMILES string of the molecule is Cc1ccc(C)c(-n2c(=O)c3ccccc3n3c(SCC(=O)NC(C)C4CC4)nnc23)c1. The largest absolute Gasteiger partial charge is 0.353 e. The van der Waals surface area contributed by atoms with Gasteiger partial charge in [-0.1, -0.05) is 36.0 Å². The summed E-state index contributed by atoms with van der Waals surface area (Å²) in [5.74, 6) is 1.28. The number of nitrogens with one attached hydrogen (secondary N) is 1. The van der Waals surface area contributed by atoms with Crippen LogP contribution in [0.5, 0.6) is 0 Å². The molecule has 0 saturated heterocycles. The van der Waals surface area contributed by atoms with E-state index in [0.29, 0.717) is 22.2 Å². The number of amides is 1. The van der Waals surface area contributed by atoms with Gasteiger partial charge in [0.05, 0.1) is 22.3 Å². The second kappa shape index (κ2) is 8.09. The first-order chi connectivity index (χ1) is 15.4. The summed E-state index contributed by atoms with van der Waals surface area (Å²) in [6, 6.07) is 13.7. The molecule has 8 heteroatoms. The minimum Gasteiger partial charge on any atom is -0.353 e. The fourth-order valence-electron chi connectivity index (χ4n) is 4.09. The molecule has 32 heavy (non-hydrogen) atoms. The third kappa shape index (κ3) is 3.68. The van der Waals surface area contributed by atoms with E-state index in [1.54, 1.807) is 4.57 Å². The number of hydrogen-bond donors (Lipinski definition) is 1. The Morgan fingerprint density at radius 2 is 1.97 bits per heavy atom. The number of para-hydroxylation sites is 1. The summed E-state index contributed by atoms with van der Waals surface area (Å²) in [5.41, 5.74) is 3.40. The molecule has 5 rings (SSSR count). The van der Waals surface area contributed by atoms with Gasteiger partial charge in [0.15, 0.2) is 5.16 Å². The minimum absolute atomic E-state index is 0.0155. The van der Waals surface area contributed by atoms with Crippen molar-refractivity contribution in [1.29, 1.82) is 0 Å². The van der Waals surface area contributed by atoms with Gasteiger partial charge in [0.1, 0.15) is 0 Å². The number of carbonyl (C=O) groups excluding carboxylic acids is 1. The molecule has 7 nitrogen and oxygen atoms in total. The lowest BCUT2D eigenvalue weighted by Crippen LogP contribution is -2.35. The van der Waals surface area contributed by atoms with Crippen LogP contribution < -0.4 is 10.9 Å². The molecule has 2 aromatic heterocycles. The number of nitrogens with zero attached hydrogens (tertiary/aromatic N) is 4. The first-order valence-electron chi connectivity index (χ1n) is 10.8. The van der Waals surface area contributed by atoms with Gasteiger partial charge >= 0.3 is 0 Å². The predicted molar refractivity (Wildman–Crippen MR) is 127 cm³/mol. The summed E-state index contributed by atoms with van der Waals surface area (Å²) in [6.07, 6.45) is 2.37. The quantitative estimate of drug-likeness (QED) is 0.456. The number of aromatic nitrogens is 4. The van der Waals surface area contributed by atoms with Crippen molar-refractivity contribution in [3.63, 3.8) is 0 Å². The topological polar surface area (TPSA) is 81.3 Å². The number of thioether (sulfide) groups is 1. The van der Waals surface area contributed by atoms with Gasteiger partial charge < -0.3 is 5.32 Å². The summed E-state index contributed by atoms with van der Waals surface area (Å²) < 4.78 is 3.50. The molecule has 1 N–H and O–H groups in total. The zero-order valence-electron chi connectivity index (χ0n) is 18.3. The van der Waals surface area contributed by atoms with Crippen LogP contribution >= 0.6 is 11.8 Å². The van der Waals surface area contributed by atoms with Crippen LogP contribution in [0.1, 0.15) is 30.9 Å². The molecule has 2 heterocycles. The van der Waals surface area contributed by atoms with Crippen molar-refractivity contribution in [3.05, 3.63) is 63.9 Å². The van der Waals surface area contributed by atoms with E-state index in [0.717, 1.165) is 22.3 Å². The van der Waals surface area contributed by atoms with Gasteiger partial charge in [0, 0.05) is 6.04 Å². The van der Waals surface area contributed by atoms with Crippen LogP contribution in [0.4, 0.5) is 0 Å². The molecular formula is C24H25N5O2S. The molecule has 0 aliphatic heterocycles. The van der Waals surface area contributed by atoms with E-state index in [4.69, 9.17) is 0 Å². The highest BCUT2D eigenvalue weighted by molar-refractivity contribution is 7.99. The van der Waals surface area contributed by atoms with Crippen LogP contribution in [0.15, 0.2) is 52.4 Å². The molecule has 1 atom stereocenters. The molecule has 2 aromatic carbocycles. The van der Waals surface area contributed by atoms with Crippen LogP contribution in [0.25, 0.3) is 22.4 Å². The van der Waals surface area contributed by atoms with Gasteiger partial charge in [0.2, 0.25) is 11.7 Å². The Labute approximate surface area is 189 Å². The van der Waals surface area contributed by atoms with Crippen LogP contribution in [0, 0.1) is 19.8 Å². The average Bonchev–Trinajstić information content (AvgIpc) is 3.55. The van der Waals surface area contributed by atoms with Crippen molar-refractivity contribution in [2.24, 2.45) is 5.92 Å². The van der Waals surface area contributed by atoms with E-state index < -0.39 is 0 Å². The van der Waals surface area contributed by atoms with Crippen molar-refractivity contribution < 1.29 is 4.79 Å². The van der Waals surface area contributed by atoms with E-state index in [1.165, 1.54) is 24.6 Å². The molecule has 164 valence electrons. The van der Waals surface area contributed by atoms with Crippen LogP contribution in [0.3, 0.4) is 0 Å². The number of carbonyl (C=O) groups is 1. The minimum atomic E-state index is -0.137. The maximum absolute atomic E-state index is 13.5. The first-order valence-corrected chi connectivity index (χ1v) is 11.8. The molecule has 0 radical (unpaired) electrons. The molecule has 1 fully saturated rings. The molecule has 1 unspecified atom stereocenters. The number of benzene rings is 2. The van der Waals surface area contributed by atoms with Gasteiger partial charge in [-0.05, 0) is 68.9 Å². The van der Waals surface area contributed by atoms with E-state index in [1.807, 2.05) is 60.7 Å². The summed E-state index contributed by atoms with van der Waals surface area (Å²) >= 11 is 1.33. The first kappa shape index (κ1) is 20.8. The van der Waals surface area contributed by atoms with Crippen LogP contribution in [-0.4, -0.2) is 36.9 Å². The molecular weight excluding hydrogens is 422 g/mol. The highest BCUT2D eigenvalue weighted by atomic mass is 32.2. The average molecular weight is 448 g/mol. The number of hydrogen-bond acceptors (Lipinski definition) is 5. The number of rotatable bonds is 6. The molecule has 1 aliphatic rings. The van der Waals surface area contributed by atoms with Crippen molar-refractivity contribution in [2.75, 3.05) is 5.75 Å². The van der Waals surface area contributed by atoms with Gasteiger partial charge in [-0.15, -0.1) is 10.2 Å². The lowest BCUT2D eigenvalue weighted by molar-refractivity contribution is -0.119. The summed E-state index contributed by atoms with van der Waals surface area (Å²) in [6.45, 7) is 6.03. The fourth-order valence-corrected chi connectivity index (χ4v) is 4.84.